The first-order valence-corrected chi connectivity index (χ1v) is 7.66. The number of guanidine groups is 1. The number of thioether (sulfide) groups is 1. The Morgan fingerprint density at radius 3 is 3.11 bits per heavy atom. The topological polar surface area (TPSA) is 72.5 Å². The molecule has 5 nitrogen and oxygen atoms in total. The monoisotopic (exact) mass is 416 g/mol. The van der Waals surface area contributed by atoms with Gasteiger partial charge in [0.1, 0.15) is 4.34 Å². The summed E-state index contributed by atoms with van der Waals surface area (Å²) in [5.74, 6) is 1.50. The van der Waals surface area contributed by atoms with Gasteiger partial charge in [0.2, 0.25) is 0 Å². The van der Waals surface area contributed by atoms with E-state index in [0.29, 0.717) is 12.6 Å². The van der Waals surface area contributed by atoms with E-state index < -0.39 is 0 Å². The van der Waals surface area contributed by atoms with E-state index in [9.17, 15) is 0 Å². The van der Waals surface area contributed by atoms with E-state index in [-0.39, 0.29) is 30.0 Å². The van der Waals surface area contributed by atoms with Crippen LogP contribution in [0.4, 0.5) is 0 Å². The predicted molar refractivity (Wildman–Crippen MR) is 93.8 cm³/mol. The third kappa shape index (κ3) is 9.47. The Hall–Kier alpha value is -0.0600. The second kappa shape index (κ2) is 11.7. The van der Waals surface area contributed by atoms with Crippen molar-refractivity contribution < 1.29 is 4.74 Å². The van der Waals surface area contributed by atoms with Gasteiger partial charge in [-0.2, -0.15) is 0 Å². The van der Waals surface area contributed by atoms with Gasteiger partial charge in [0, 0.05) is 37.0 Å². The van der Waals surface area contributed by atoms with E-state index in [4.69, 9.17) is 10.5 Å². The standard InChI is InChI=1S/C11H20N4OS2.HI/c1-9(8-16-2)15-10(12)13-4-3-6-17-11-14-5-7-18-11;/h5,7,9H,3-4,6,8H2,1-2H3,(H3,12,13,15);1H. The number of rotatable bonds is 8. The van der Waals surface area contributed by atoms with Gasteiger partial charge in [-0.3, -0.25) is 4.99 Å². The Labute approximate surface area is 139 Å². The Bertz CT molecular complexity index is 348. The van der Waals surface area contributed by atoms with Crippen LogP contribution in [-0.4, -0.2) is 43.0 Å². The van der Waals surface area contributed by atoms with Crippen LogP contribution in [0, 0.1) is 0 Å². The minimum atomic E-state index is 0. The molecule has 8 heteroatoms. The lowest BCUT2D eigenvalue weighted by molar-refractivity contribution is 0.179. The number of hydrogen-bond acceptors (Lipinski definition) is 5. The number of aliphatic imine (C=N–C) groups is 1. The van der Waals surface area contributed by atoms with Crippen molar-refractivity contribution in [2.45, 2.75) is 23.7 Å². The first-order chi connectivity index (χ1) is 8.72. The van der Waals surface area contributed by atoms with Crippen molar-refractivity contribution >= 4 is 53.0 Å². The van der Waals surface area contributed by atoms with Gasteiger partial charge in [-0.05, 0) is 13.3 Å². The molecule has 1 aromatic rings. The van der Waals surface area contributed by atoms with Crippen LogP contribution in [0.5, 0.6) is 0 Å². The van der Waals surface area contributed by atoms with Crippen LogP contribution >= 0.6 is 47.1 Å². The van der Waals surface area contributed by atoms with Crippen molar-refractivity contribution in [1.29, 1.82) is 0 Å². The van der Waals surface area contributed by atoms with Crippen molar-refractivity contribution in [2.75, 3.05) is 26.0 Å². The van der Waals surface area contributed by atoms with Gasteiger partial charge >= 0.3 is 0 Å². The minimum Gasteiger partial charge on any atom is -0.383 e. The predicted octanol–water partition coefficient (Wildman–Crippen LogP) is 2.18. The molecular formula is C11H21IN4OS2. The summed E-state index contributed by atoms with van der Waals surface area (Å²) in [7, 11) is 1.67. The normalized spacial score (nSPS) is 12.8. The lowest BCUT2D eigenvalue weighted by Crippen LogP contribution is -2.40. The highest BCUT2D eigenvalue weighted by Crippen LogP contribution is 2.20. The minimum absolute atomic E-state index is 0. The second-order valence-corrected chi connectivity index (χ2v) is 6.00. The number of ether oxygens (including phenoxy) is 1. The Morgan fingerprint density at radius 1 is 1.68 bits per heavy atom. The lowest BCUT2D eigenvalue weighted by Gasteiger charge is -2.12. The van der Waals surface area contributed by atoms with Gasteiger partial charge in [0.15, 0.2) is 5.96 Å². The largest absolute Gasteiger partial charge is 0.383 e. The zero-order chi connectivity index (χ0) is 13.2. The third-order valence-corrected chi connectivity index (χ3v) is 4.08. The molecule has 110 valence electrons. The van der Waals surface area contributed by atoms with E-state index in [0.717, 1.165) is 23.1 Å². The Kier molecular flexibility index (Phi) is 11.7. The van der Waals surface area contributed by atoms with Crippen LogP contribution in [0.25, 0.3) is 0 Å². The molecule has 0 amide bonds. The van der Waals surface area contributed by atoms with Crippen LogP contribution < -0.4 is 11.1 Å². The second-order valence-electron chi connectivity index (χ2n) is 3.77. The Balaban J connectivity index is 0.00000324. The summed E-state index contributed by atoms with van der Waals surface area (Å²) in [5, 5.41) is 5.06. The van der Waals surface area contributed by atoms with Crippen LogP contribution in [0.15, 0.2) is 20.9 Å². The highest BCUT2D eigenvalue weighted by Gasteiger charge is 2.01. The fourth-order valence-electron chi connectivity index (χ4n) is 1.29. The van der Waals surface area contributed by atoms with Crippen molar-refractivity contribution in [1.82, 2.24) is 10.3 Å². The summed E-state index contributed by atoms with van der Waals surface area (Å²) in [6, 6.07) is 0.184. The van der Waals surface area contributed by atoms with Crippen molar-refractivity contribution in [3.05, 3.63) is 11.6 Å². The molecule has 0 aliphatic heterocycles. The Morgan fingerprint density at radius 2 is 2.47 bits per heavy atom. The maximum absolute atomic E-state index is 5.75. The smallest absolute Gasteiger partial charge is 0.188 e. The third-order valence-electron chi connectivity index (χ3n) is 2.03. The number of hydrogen-bond donors (Lipinski definition) is 2. The molecule has 19 heavy (non-hydrogen) atoms. The summed E-state index contributed by atoms with van der Waals surface area (Å²) in [6.07, 6.45) is 2.82. The van der Waals surface area contributed by atoms with Crippen molar-refractivity contribution in [3.8, 4) is 0 Å². The quantitative estimate of drug-likeness (QED) is 0.224. The fourth-order valence-corrected chi connectivity index (χ4v) is 2.93. The number of nitrogens with two attached hydrogens (primary N) is 1. The zero-order valence-electron chi connectivity index (χ0n) is 11.2. The maximum Gasteiger partial charge on any atom is 0.188 e. The molecule has 0 aliphatic carbocycles. The zero-order valence-corrected chi connectivity index (χ0v) is 15.1. The molecule has 0 saturated carbocycles. The molecule has 0 aliphatic rings. The number of methoxy groups -OCH3 is 1. The van der Waals surface area contributed by atoms with Crippen LogP contribution in [0.3, 0.4) is 0 Å². The van der Waals surface area contributed by atoms with Gasteiger partial charge in [-0.25, -0.2) is 4.98 Å². The van der Waals surface area contributed by atoms with Crippen LogP contribution in [-0.2, 0) is 4.74 Å². The average Bonchev–Trinajstić information content (AvgIpc) is 2.81. The molecule has 1 atom stereocenters. The molecule has 3 N–H and O–H groups in total. The molecule has 0 aromatic carbocycles. The number of aromatic nitrogens is 1. The summed E-state index contributed by atoms with van der Waals surface area (Å²) in [4.78, 5) is 8.47. The van der Waals surface area contributed by atoms with Crippen LogP contribution in [0.2, 0.25) is 0 Å². The van der Waals surface area contributed by atoms with E-state index in [1.54, 1.807) is 30.2 Å². The van der Waals surface area contributed by atoms with Gasteiger partial charge in [0.05, 0.1) is 6.61 Å². The van der Waals surface area contributed by atoms with Crippen LogP contribution in [0.1, 0.15) is 13.3 Å². The molecule has 0 saturated heterocycles. The summed E-state index contributed by atoms with van der Waals surface area (Å²) in [6.45, 7) is 3.36. The molecule has 0 bridgehead atoms. The highest BCUT2D eigenvalue weighted by atomic mass is 127. The summed E-state index contributed by atoms with van der Waals surface area (Å²) >= 11 is 3.42. The molecule has 1 aromatic heterocycles. The maximum atomic E-state index is 5.75. The molecule has 1 unspecified atom stereocenters. The van der Waals surface area contributed by atoms with Crippen molar-refractivity contribution in [3.63, 3.8) is 0 Å². The number of nitrogens with one attached hydrogen (secondary N) is 1. The summed E-state index contributed by atoms with van der Waals surface area (Å²) < 4.78 is 6.12. The molecule has 0 fully saturated rings. The number of halogens is 1. The highest BCUT2D eigenvalue weighted by molar-refractivity contribution is 14.0. The first kappa shape index (κ1) is 18.9. The van der Waals surface area contributed by atoms with Gasteiger partial charge < -0.3 is 15.8 Å². The SMILES string of the molecule is COCC(C)NC(N)=NCCCSc1nccs1.I. The molecule has 0 radical (unpaired) electrons. The number of thiazole rings is 1. The average molecular weight is 416 g/mol. The molecular weight excluding hydrogens is 395 g/mol. The fraction of sp³-hybridized carbons (Fsp3) is 0.636. The van der Waals surface area contributed by atoms with E-state index >= 15 is 0 Å². The molecule has 0 spiro atoms. The molecule has 1 heterocycles. The number of nitrogens with zero attached hydrogens (tertiary/aromatic N) is 2. The van der Waals surface area contributed by atoms with E-state index in [1.807, 2.05) is 18.5 Å². The first-order valence-electron chi connectivity index (χ1n) is 5.80. The molecule has 1 rings (SSSR count). The lowest BCUT2D eigenvalue weighted by atomic mass is 10.4. The van der Waals surface area contributed by atoms with E-state index in [1.165, 1.54) is 0 Å². The summed E-state index contributed by atoms with van der Waals surface area (Å²) in [5.41, 5.74) is 5.75. The van der Waals surface area contributed by atoms with Gasteiger partial charge in [-0.1, -0.05) is 11.8 Å². The van der Waals surface area contributed by atoms with Crippen molar-refractivity contribution in [2.24, 2.45) is 10.7 Å². The van der Waals surface area contributed by atoms with Gasteiger partial charge in [0.25, 0.3) is 0 Å². The van der Waals surface area contributed by atoms with E-state index in [2.05, 4.69) is 15.3 Å². The van der Waals surface area contributed by atoms with Gasteiger partial charge in [-0.15, -0.1) is 35.3 Å².